The fourth-order valence-corrected chi connectivity index (χ4v) is 3.15. The average Bonchev–Trinajstić information content (AvgIpc) is 1.79. The van der Waals surface area contributed by atoms with E-state index in [1.807, 2.05) is 6.92 Å². The summed E-state index contributed by atoms with van der Waals surface area (Å²) in [5, 5.41) is 0. The van der Waals surface area contributed by atoms with Gasteiger partial charge in [-0.25, -0.2) is 8.42 Å². The molecular weight excluding hydrogens is 174 g/mol. The highest BCUT2D eigenvalue weighted by Gasteiger charge is 2.31. The molecule has 0 amide bonds. The minimum absolute atomic E-state index is 0. The zero-order chi connectivity index (χ0) is 7.07. The van der Waals surface area contributed by atoms with Gasteiger partial charge in [0.2, 0.25) is 0 Å². The summed E-state index contributed by atoms with van der Waals surface area (Å²) in [5.74, 6) is 0.595. The van der Waals surface area contributed by atoms with Crippen LogP contribution >= 0.6 is 0 Å². The van der Waals surface area contributed by atoms with Gasteiger partial charge >= 0.3 is 0 Å². The molecule has 0 spiro atoms. The quantitative estimate of drug-likeness (QED) is 0.423. The maximum atomic E-state index is 10.8. The van der Waals surface area contributed by atoms with Crippen molar-refractivity contribution in [1.82, 2.24) is 0 Å². The second kappa shape index (κ2) is 3.07. The third-order valence-corrected chi connectivity index (χ3v) is 3.62. The number of sulfone groups is 1. The minimum atomic E-state index is -2.77. The predicted octanol–water partition coefficient (Wildman–Crippen LogP) is -3.62. The number of rotatable bonds is 0. The van der Waals surface area contributed by atoms with Crippen LogP contribution < -0.4 is 18.1 Å². The van der Waals surface area contributed by atoms with Crippen molar-refractivity contribution in [2.24, 2.45) is 11.7 Å². The van der Waals surface area contributed by atoms with Gasteiger partial charge in [-0.15, -0.1) is 0 Å². The lowest BCUT2D eigenvalue weighted by atomic mass is 10.1. The average molecular weight is 185 g/mol. The summed E-state index contributed by atoms with van der Waals surface area (Å²) >= 11 is 0. The standard InChI is InChI=1S/C5H11NO2S.ClH/c1-4-2-9(7,8)3-5(4)6;/h4-5H,2-3,6H2,1H3;1H/p-1. The molecule has 10 heavy (non-hydrogen) atoms. The van der Waals surface area contributed by atoms with Gasteiger partial charge in [0.1, 0.15) is 0 Å². The third-order valence-electron chi connectivity index (χ3n) is 1.69. The molecular formula is C5H11ClNO2S-. The summed E-state index contributed by atoms with van der Waals surface area (Å²) in [6.07, 6.45) is 0. The molecule has 5 heteroatoms. The van der Waals surface area contributed by atoms with E-state index < -0.39 is 9.84 Å². The highest BCUT2D eigenvalue weighted by Crippen LogP contribution is 2.15. The Kier molecular flexibility index (Phi) is 3.13. The van der Waals surface area contributed by atoms with Crippen molar-refractivity contribution in [3.8, 4) is 0 Å². The molecule has 0 aromatic heterocycles. The van der Waals surface area contributed by atoms with E-state index in [9.17, 15) is 8.42 Å². The van der Waals surface area contributed by atoms with Gasteiger partial charge in [-0.2, -0.15) is 0 Å². The first-order valence-corrected chi connectivity index (χ1v) is 4.79. The lowest BCUT2D eigenvalue weighted by Crippen LogP contribution is -3.00. The van der Waals surface area contributed by atoms with E-state index in [0.717, 1.165) is 0 Å². The molecule has 2 atom stereocenters. The van der Waals surface area contributed by atoms with Gasteiger partial charge in [0.15, 0.2) is 9.84 Å². The van der Waals surface area contributed by atoms with E-state index >= 15 is 0 Å². The molecule has 1 saturated heterocycles. The molecule has 3 nitrogen and oxygen atoms in total. The maximum Gasteiger partial charge on any atom is 0.152 e. The fraction of sp³-hybridized carbons (Fsp3) is 1.00. The Morgan fingerprint density at radius 2 is 1.90 bits per heavy atom. The van der Waals surface area contributed by atoms with Gasteiger partial charge in [0.05, 0.1) is 11.5 Å². The molecule has 0 bridgehead atoms. The van der Waals surface area contributed by atoms with Gasteiger partial charge in [0.25, 0.3) is 0 Å². The zero-order valence-corrected chi connectivity index (χ0v) is 7.32. The minimum Gasteiger partial charge on any atom is -1.00 e. The second-order valence-corrected chi connectivity index (χ2v) is 4.87. The van der Waals surface area contributed by atoms with Crippen molar-refractivity contribution in [2.75, 3.05) is 11.5 Å². The van der Waals surface area contributed by atoms with Crippen LogP contribution in [0.1, 0.15) is 6.92 Å². The molecule has 1 aliphatic rings. The molecule has 1 heterocycles. The monoisotopic (exact) mass is 184 g/mol. The highest BCUT2D eigenvalue weighted by atomic mass is 35.5. The Hall–Kier alpha value is 0.200. The van der Waals surface area contributed by atoms with Crippen molar-refractivity contribution < 1.29 is 20.8 Å². The Morgan fingerprint density at radius 1 is 1.40 bits per heavy atom. The number of hydrogen-bond acceptors (Lipinski definition) is 3. The summed E-state index contributed by atoms with van der Waals surface area (Å²) in [4.78, 5) is 0. The van der Waals surface area contributed by atoms with Crippen molar-refractivity contribution in [1.29, 1.82) is 0 Å². The van der Waals surface area contributed by atoms with E-state index in [-0.39, 0.29) is 35.9 Å². The predicted molar refractivity (Wildman–Crippen MR) is 35.8 cm³/mol. The number of hydrogen-bond donors (Lipinski definition) is 1. The SMILES string of the molecule is CC1CS(=O)(=O)CC1N.[Cl-]. The van der Waals surface area contributed by atoms with E-state index in [2.05, 4.69) is 0 Å². The van der Waals surface area contributed by atoms with E-state index in [1.165, 1.54) is 0 Å². The maximum absolute atomic E-state index is 10.8. The Morgan fingerprint density at radius 3 is 2.00 bits per heavy atom. The summed E-state index contributed by atoms with van der Waals surface area (Å²) in [6, 6.07) is -0.130. The van der Waals surface area contributed by atoms with Crippen molar-refractivity contribution in [3.05, 3.63) is 0 Å². The molecule has 1 rings (SSSR count). The van der Waals surface area contributed by atoms with Crippen LogP contribution in [0, 0.1) is 5.92 Å². The summed E-state index contributed by atoms with van der Waals surface area (Å²) in [5.41, 5.74) is 5.47. The number of nitrogens with two attached hydrogens (primary N) is 1. The van der Waals surface area contributed by atoms with Gasteiger partial charge in [-0.3, -0.25) is 0 Å². The van der Waals surface area contributed by atoms with Gasteiger partial charge in [-0.1, -0.05) is 6.92 Å². The molecule has 62 valence electrons. The normalized spacial score (nSPS) is 37.0. The van der Waals surface area contributed by atoms with Crippen LogP contribution in [0.4, 0.5) is 0 Å². The summed E-state index contributed by atoms with van der Waals surface area (Å²) in [6.45, 7) is 1.87. The molecule has 0 aromatic carbocycles. The van der Waals surface area contributed by atoms with Crippen molar-refractivity contribution >= 4 is 9.84 Å². The molecule has 0 radical (unpaired) electrons. The fourth-order valence-electron chi connectivity index (χ4n) is 1.05. The zero-order valence-electron chi connectivity index (χ0n) is 5.75. The lowest BCUT2D eigenvalue weighted by Gasteiger charge is -2.02. The third kappa shape index (κ3) is 2.11. The van der Waals surface area contributed by atoms with Crippen LogP contribution in [0.3, 0.4) is 0 Å². The first kappa shape index (κ1) is 10.2. The van der Waals surface area contributed by atoms with Crippen LogP contribution in [0.2, 0.25) is 0 Å². The van der Waals surface area contributed by atoms with Gasteiger partial charge < -0.3 is 18.1 Å². The summed E-state index contributed by atoms with van der Waals surface area (Å²) < 4.78 is 21.5. The smallest absolute Gasteiger partial charge is 0.152 e. The molecule has 1 aliphatic heterocycles. The topological polar surface area (TPSA) is 60.2 Å². The molecule has 2 unspecified atom stereocenters. The Bertz CT molecular complexity index is 186. The van der Waals surface area contributed by atoms with Crippen LogP contribution in [-0.2, 0) is 9.84 Å². The first-order valence-electron chi connectivity index (χ1n) is 2.97. The second-order valence-electron chi connectivity index (χ2n) is 2.72. The van der Waals surface area contributed by atoms with Crippen molar-refractivity contribution in [3.63, 3.8) is 0 Å². The molecule has 0 saturated carbocycles. The van der Waals surface area contributed by atoms with Crippen LogP contribution in [0.15, 0.2) is 0 Å². The largest absolute Gasteiger partial charge is 1.00 e. The molecule has 0 aliphatic carbocycles. The Balaban J connectivity index is 0.000000810. The molecule has 0 aromatic rings. The van der Waals surface area contributed by atoms with Gasteiger partial charge in [-0.05, 0) is 5.92 Å². The first-order chi connectivity index (χ1) is 4.01. The van der Waals surface area contributed by atoms with Crippen LogP contribution in [0.25, 0.3) is 0 Å². The summed E-state index contributed by atoms with van der Waals surface area (Å²) in [7, 11) is -2.77. The van der Waals surface area contributed by atoms with Crippen LogP contribution in [0.5, 0.6) is 0 Å². The highest BCUT2D eigenvalue weighted by molar-refractivity contribution is 7.91. The van der Waals surface area contributed by atoms with E-state index in [4.69, 9.17) is 5.73 Å². The van der Waals surface area contributed by atoms with E-state index in [0.29, 0.717) is 0 Å². The Labute approximate surface area is 67.3 Å². The molecule has 1 fully saturated rings. The van der Waals surface area contributed by atoms with Crippen molar-refractivity contribution in [2.45, 2.75) is 13.0 Å². The lowest BCUT2D eigenvalue weighted by molar-refractivity contribution is -0.00000458. The van der Waals surface area contributed by atoms with Crippen LogP contribution in [-0.4, -0.2) is 26.0 Å². The molecule has 2 N–H and O–H groups in total. The van der Waals surface area contributed by atoms with E-state index in [1.54, 1.807) is 0 Å². The van der Waals surface area contributed by atoms with Gasteiger partial charge in [0, 0.05) is 6.04 Å². The number of halogens is 1.